The SMILES string of the molecule is CCc1nn(C)cc1C(=O)NCCCOCCN. The first-order chi connectivity index (χ1) is 8.69. The number of carbonyl (C=O) groups excluding carboxylic acids is 1. The van der Waals surface area contributed by atoms with Gasteiger partial charge in [-0.15, -0.1) is 0 Å². The van der Waals surface area contributed by atoms with Crippen LogP contribution < -0.4 is 11.1 Å². The summed E-state index contributed by atoms with van der Waals surface area (Å²) in [5.74, 6) is -0.0706. The number of rotatable bonds is 8. The maximum Gasteiger partial charge on any atom is 0.254 e. The van der Waals surface area contributed by atoms with Gasteiger partial charge in [0.1, 0.15) is 0 Å². The molecule has 0 atom stereocenters. The summed E-state index contributed by atoms with van der Waals surface area (Å²) in [4.78, 5) is 11.9. The van der Waals surface area contributed by atoms with E-state index in [2.05, 4.69) is 10.4 Å². The largest absolute Gasteiger partial charge is 0.380 e. The molecule has 1 amide bonds. The highest BCUT2D eigenvalue weighted by atomic mass is 16.5. The standard InChI is InChI=1S/C12H22N4O2/c1-3-11-10(9-16(2)15-11)12(17)14-6-4-7-18-8-5-13/h9H,3-8,13H2,1-2H3,(H,14,17). The molecule has 0 aromatic carbocycles. The molecule has 102 valence electrons. The monoisotopic (exact) mass is 254 g/mol. The van der Waals surface area contributed by atoms with Crippen molar-refractivity contribution in [1.29, 1.82) is 0 Å². The van der Waals surface area contributed by atoms with Crippen molar-refractivity contribution < 1.29 is 9.53 Å². The van der Waals surface area contributed by atoms with Crippen LogP contribution >= 0.6 is 0 Å². The van der Waals surface area contributed by atoms with Gasteiger partial charge in [0.2, 0.25) is 0 Å². The van der Waals surface area contributed by atoms with Crippen LogP contribution in [-0.4, -0.2) is 42.0 Å². The van der Waals surface area contributed by atoms with Gasteiger partial charge in [-0.3, -0.25) is 9.48 Å². The highest BCUT2D eigenvalue weighted by Gasteiger charge is 2.13. The Hall–Kier alpha value is -1.40. The van der Waals surface area contributed by atoms with Crippen LogP contribution in [0.5, 0.6) is 0 Å². The van der Waals surface area contributed by atoms with Crippen molar-refractivity contribution in [3.63, 3.8) is 0 Å². The molecule has 0 saturated heterocycles. The fourth-order valence-electron chi connectivity index (χ4n) is 1.64. The molecule has 0 aliphatic rings. The fourth-order valence-corrected chi connectivity index (χ4v) is 1.64. The number of amides is 1. The lowest BCUT2D eigenvalue weighted by Gasteiger charge is -2.05. The van der Waals surface area contributed by atoms with Crippen molar-refractivity contribution in [3.05, 3.63) is 17.5 Å². The average Bonchev–Trinajstić information content (AvgIpc) is 2.74. The summed E-state index contributed by atoms with van der Waals surface area (Å²) in [5, 5.41) is 7.10. The number of nitrogens with two attached hydrogens (primary N) is 1. The Kier molecular flexibility index (Phi) is 6.38. The first kappa shape index (κ1) is 14.7. The summed E-state index contributed by atoms with van der Waals surface area (Å²) in [6.45, 7) is 4.30. The van der Waals surface area contributed by atoms with Crippen LogP contribution in [-0.2, 0) is 18.2 Å². The van der Waals surface area contributed by atoms with E-state index < -0.39 is 0 Å². The molecule has 18 heavy (non-hydrogen) atoms. The molecular weight excluding hydrogens is 232 g/mol. The van der Waals surface area contributed by atoms with Gasteiger partial charge in [-0.2, -0.15) is 5.10 Å². The quantitative estimate of drug-likeness (QED) is 0.644. The molecule has 6 heteroatoms. The summed E-state index contributed by atoms with van der Waals surface area (Å²) in [6.07, 6.45) is 3.29. The lowest BCUT2D eigenvalue weighted by molar-refractivity contribution is 0.0942. The Bertz CT molecular complexity index is 376. The molecule has 0 saturated carbocycles. The topological polar surface area (TPSA) is 82.2 Å². The van der Waals surface area contributed by atoms with Gasteiger partial charge in [-0.1, -0.05) is 6.92 Å². The van der Waals surface area contributed by atoms with Gasteiger partial charge in [-0.05, 0) is 12.8 Å². The van der Waals surface area contributed by atoms with E-state index in [4.69, 9.17) is 10.5 Å². The van der Waals surface area contributed by atoms with E-state index in [0.717, 1.165) is 18.5 Å². The van der Waals surface area contributed by atoms with Crippen LogP contribution in [0.15, 0.2) is 6.20 Å². The zero-order chi connectivity index (χ0) is 13.4. The lowest BCUT2D eigenvalue weighted by atomic mass is 10.2. The molecule has 0 unspecified atom stereocenters. The molecule has 3 N–H and O–H groups in total. The smallest absolute Gasteiger partial charge is 0.254 e. The van der Waals surface area contributed by atoms with E-state index in [1.54, 1.807) is 10.9 Å². The molecule has 0 aliphatic carbocycles. The van der Waals surface area contributed by atoms with Crippen LogP contribution in [0.4, 0.5) is 0 Å². The molecule has 1 rings (SSSR count). The number of hydrogen-bond donors (Lipinski definition) is 2. The van der Waals surface area contributed by atoms with Crippen LogP contribution in [0.3, 0.4) is 0 Å². The summed E-state index contributed by atoms with van der Waals surface area (Å²) in [7, 11) is 1.82. The molecule has 1 heterocycles. The first-order valence-corrected chi connectivity index (χ1v) is 6.27. The molecule has 0 bridgehead atoms. The number of nitrogens with one attached hydrogen (secondary N) is 1. The van der Waals surface area contributed by atoms with Gasteiger partial charge in [0.25, 0.3) is 5.91 Å². The summed E-state index contributed by atoms with van der Waals surface area (Å²) < 4.78 is 6.89. The second-order valence-electron chi connectivity index (χ2n) is 4.03. The third-order valence-corrected chi connectivity index (χ3v) is 2.50. The van der Waals surface area contributed by atoms with E-state index in [1.165, 1.54) is 0 Å². The third kappa shape index (κ3) is 4.46. The Balaban J connectivity index is 2.32. The molecule has 0 fully saturated rings. The van der Waals surface area contributed by atoms with E-state index in [9.17, 15) is 4.79 Å². The van der Waals surface area contributed by atoms with Crippen molar-refractivity contribution in [2.45, 2.75) is 19.8 Å². The summed E-state index contributed by atoms with van der Waals surface area (Å²) in [6, 6.07) is 0. The van der Waals surface area contributed by atoms with E-state index in [1.807, 2.05) is 14.0 Å². The van der Waals surface area contributed by atoms with Gasteiger partial charge < -0.3 is 15.8 Å². The minimum absolute atomic E-state index is 0.0706. The number of nitrogens with zero attached hydrogens (tertiary/aromatic N) is 2. The highest BCUT2D eigenvalue weighted by molar-refractivity contribution is 5.95. The van der Waals surface area contributed by atoms with E-state index in [0.29, 0.717) is 31.9 Å². The third-order valence-electron chi connectivity index (χ3n) is 2.50. The lowest BCUT2D eigenvalue weighted by Crippen LogP contribution is -2.26. The Morgan fingerprint density at radius 3 is 3.00 bits per heavy atom. The van der Waals surface area contributed by atoms with Crippen molar-refractivity contribution in [2.24, 2.45) is 12.8 Å². The first-order valence-electron chi connectivity index (χ1n) is 6.27. The highest BCUT2D eigenvalue weighted by Crippen LogP contribution is 2.06. The molecule has 0 aliphatic heterocycles. The normalized spacial score (nSPS) is 10.6. The molecule has 0 radical (unpaired) electrons. The van der Waals surface area contributed by atoms with Gasteiger partial charge in [0.05, 0.1) is 17.9 Å². The van der Waals surface area contributed by atoms with E-state index in [-0.39, 0.29) is 5.91 Å². The van der Waals surface area contributed by atoms with Gasteiger partial charge in [0, 0.05) is 32.9 Å². The van der Waals surface area contributed by atoms with Crippen molar-refractivity contribution in [3.8, 4) is 0 Å². The van der Waals surface area contributed by atoms with Crippen molar-refractivity contribution >= 4 is 5.91 Å². The van der Waals surface area contributed by atoms with Crippen LogP contribution in [0.2, 0.25) is 0 Å². The average molecular weight is 254 g/mol. The van der Waals surface area contributed by atoms with Gasteiger partial charge in [0.15, 0.2) is 0 Å². The van der Waals surface area contributed by atoms with Crippen LogP contribution in [0.25, 0.3) is 0 Å². The second kappa shape index (κ2) is 7.84. The summed E-state index contributed by atoms with van der Waals surface area (Å²) >= 11 is 0. The minimum Gasteiger partial charge on any atom is -0.380 e. The van der Waals surface area contributed by atoms with Crippen LogP contribution in [0, 0.1) is 0 Å². The van der Waals surface area contributed by atoms with Crippen molar-refractivity contribution in [2.75, 3.05) is 26.3 Å². The minimum atomic E-state index is -0.0706. The zero-order valence-electron chi connectivity index (χ0n) is 11.1. The predicted octanol–water partition coefficient (Wildman–Crippen LogP) is 0.0777. The molecule has 1 aromatic heterocycles. The Morgan fingerprint density at radius 1 is 1.56 bits per heavy atom. The maximum atomic E-state index is 11.9. The number of hydrogen-bond acceptors (Lipinski definition) is 4. The number of carbonyl (C=O) groups is 1. The molecule has 0 spiro atoms. The molecular formula is C12H22N4O2. The number of ether oxygens (including phenoxy) is 1. The van der Waals surface area contributed by atoms with Gasteiger partial charge >= 0.3 is 0 Å². The second-order valence-corrected chi connectivity index (χ2v) is 4.03. The summed E-state index contributed by atoms with van der Waals surface area (Å²) in [5.41, 5.74) is 6.78. The zero-order valence-corrected chi connectivity index (χ0v) is 11.1. The number of aromatic nitrogens is 2. The van der Waals surface area contributed by atoms with Gasteiger partial charge in [-0.25, -0.2) is 0 Å². The predicted molar refractivity (Wildman–Crippen MR) is 69.4 cm³/mol. The number of aryl methyl sites for hydroxylation is 2. The fraction of sp³-hybridized carbons (Fsp3) is 0.667. The van der Waals surface area contributed by atoms with E-state index >= 15 is 0 Å². The van der Waals surface area contributed by atoms with Crippen molar-refractivity contribution in [1.82, 2.24) is 15.1 Å². The maximum absolute atomic E-state index is 11.9. The molecule has 1 aromatic rings. The van der Waals surface area contributed by atoms with Crippen LogP contribution in [0.1, 0.15) is 29.4 Å². The Morgan fingerprint density at radius 2 is 2.33 bits per heavy atom. The molecule has 6 nitrogen and oxygen atoms in total. The Labute approximate surface area is 107 Å².